The molecule has 1 unspecified atom stereocenters. The first-order valence-corrected chi connectivity index (χ1v) is 14.8. The van der Waals surface area contributed by atoms with Crippen molar-refractivity contribution in [3.63, 3.8) is 0 Å². The molecule has 0 saturated heterocycles. The van der Waals surface area contributed by atoms with Gasteiger partial charge in [-0.1, -0.05) is 19.1 Å². The van der Waals surface area contributed by atoms with E-state index in [4.69, 9.17) is 14.2 Å². The number of sulfonamides is 1. The average Bonchev–Trinajstić information content (AvgIpc) is 3.32. The van der Waals surface area contributed by atoms with Gasteiger partial charge in [0.2, 0.25) is 28.6 Å². The van der Waals surface area contributed by atoms with E-state index in [1.165, 1.54) is 4.31 Å². The van der Waals surface area contributed by atoms with Crippen LogP contribution in [0.15, 0.2) is 42.5 Å². The molecule has 2 aromatic carbocycles. The van der Waals surface area contributed by atoms with Crippen LogP contribution < -0.4 is 23.8 Å². The first-order chi connectivity index (χ1) is 18.3. The highest BCUT2D eigenvalue weighted by Gasteiger charge is 2.31. The zero-order chi connectivity index (χ0) is 28.8. The number of amides is 2. The molecule has 0 saturated carbocycles. The molecule has 11 heteroatoms. The van der Waals surface area contributed by atoms with E-state index in [1.807, 2.05) is 52.0 Å². The normalized spacial score (nSPS) is 13.5. The molecule has 2 amide bonds. The third-order valence-electron chi connectivity index (χ3n) is 6.17. The Morgan fingerprint density at radius 3 is 2.46 bits per heavy atom. The lowest BCUT2D eigenvalue weighted by atomic mass is 10.0. The van der Waals surface area contributed by atoms with Gasteiger partial charge in [-0.25, -0.2) is 8.42 Å². The van der Waals surface area contributed by atoms with E-state index in [2.05, 4.69) is 5.32 Å². The lowest BCUT2D eigenvalue weighted by Crippen LogP contribution is -2.53. The number of benzene rings is 2. The third kappa shape index (κ3) is 8.26. The molecular weight excluding hydrogens is 522 g/mol. The summed E-state index contributed by atoms with van der Waals surface area (Å²) in [5.41, 5.74) is 0.789. The number of anilines is 1. The van der Waals surface area contributed by atoms with Crippen molar-refractivity contribution in [3.8, 4) is 17.2 Å². The van der Waals surface area contributed by atoms with Crippen molar-refractivity contribution >= 4 is 27.5 Å². The van der Waals surface area contributed by atoms with E-state index in [0.717, 1.165) is 11.8 Å². The third-order valence-corrected chi connectivity index (χ3v) is 7.36. The summed E-state index contributed by atoms with van der Waals surface area (Å²) in [7, 11) is -2.06. The number of hydrogen-bond donors (Lipinski definition) is 1. The molecule has 10 nitrogen and oxygen atoms in total. The van der Waals surface area contributed by atoms with Gasteiger partial charge in [0.25, 0.3) is 0 Å². The van der Waals surface area contributed by atoms with Crippen LogP contribution in [0.1, 0.15) is 52.5 Å². The van der Waals surface area contributed by atoms with Crippen LogP contribution in [0.25, 0.3) is 0 Å². The zero-order valence-electron chi connectivity index (χ0n) is 23.5. The van der Waals surface area contributed by atoms with Crippen LogP contribution in [0.3, 0.4) is 0 Å². The molecule has 0 aliphatic carbocycles. The van der Waals surface area contributed by atoms with E-state index in [-0.39, 0.29) is 44.5 Å². The van der Waals surface area contributed by atoms with Gasteiger partial charge in [0, 0.05) is 31.1 Å². The molecule has 1 heterocycles. The van der Waals surface area contributed by atoms with Crippen molar-refractivity contribution in [2.24, 2.45) is 0 Å². The zero-order valence-corrected chi connectivity index (χ0v) is 24.3. The Labute approximate surface area is 231 Å². The number of carbonyl (C=O) groups excluding carboxylic acids is 2. The predicted molar refractivity (Wildman–Crippen MR) is 150 cm³/mol. The van der Waals surface area contributed by atoms with Gasteiger partial charge in [0.15, 0.2) is 11.5 Å². The van der Waals surface area contributed by atoms with Crippen molar-refractivity contribution in [1.82, 2.24) is 10.2 Å². The molecular formula is C28H39N3O7S. The molecule has 1 aliphatic heterocycles. The largest absolute Gasteiger partial charge is 0.497 e. The Bertz CT molecular complexity index is 1270. The van der Waals surface area contributed by atoms with Crippen molar-refractivity contribution < 1.29 is 32.2 Å². The molecule has 0 fully saturated rings. The number of hydrogen-bond acceptors (Lipinski definition) is 7. The fourth-order valence-electron chi connectivity index (χ4n) is 4.38. The standard InChI is InChI=1S/C28H39N3O7S/c1-7-23(27(33)29-28(2,3)4)30(18-20-10-8-11-22(16-20)36-5)26(32)12-9-15-31(39(6,34)35)21-13-14-24-25(17-21)38-19-37-24/h8,10-11,13-14,16-17,23H,7,9,12,15,18-19H2,1-6H3,(H,29,33). The Kier molecular flexibility index (Phi) is 9.71. The molecule has 1 atom stereocenters. The van der Waals surface area contributed by atoms with Crippen LogP contribution in [-0.4, -0.2) is 63.4 Å². The Morgan fingerprint density at radius 2 is 1.82 bits per heavy atom. The van der Waals surface area contributed by atoms with Crippen molar-refractivity contribution in [2.45, 2.75) is 65.1 Å². The van der Waals surface area contributed by atoms with Gasteiger partial charge in [-0.3, -0.25) is 13.9 Å². The number of nitrogens with one attached hydrogen (secondary N) is 1. The van der Waals surface area contributed by atoms with E-state index >= 15 is 0 Å². The van der Waals surface area contributed by atoms with Crippen molar-refractivity contribution in [3.05, 3.63) is 48.0 Å². The quantitative estimate of drug-likeness (QED) is 0.420. The number of rotatable bonds is 12. The molecule has 1 aliphatic rings. The summed E-state index contributed by atoms with van der Waals surface area (Å²) in [6, 6.07) is 11.6. The highest BCUT2D eigenvalue weighted by molar-refractivity contribution is 7.92. The minimum absolute atomic E-state index is 0.0554. The summed E-state index contributed by atoms with van der Waals surface area (Å²) >= 11 is 0. The van der Waals surface area contributed by atoms with Gasteiger partial charge in [0.1, 0.15) is 11.8 Å². The van der Waals surface area contributed by atoms with Gasteiger partial charge in [-0.15, -0.1) is 0 Å². The summed E-state index contributed by atoms with van der Waals surface area (Å²) in [6.45, 7) is 7.91. The molecule has 1 N–H and O–H groups in total. The second kappa shape index (κ2) is 12.6. The van der Waals surface area contributed by atoms with Gasteiger partial charge >= 0.3 is 0 Å². The molecule has 3 rings (SSSR count). The summed E-state index contributed by atoms with van der Waals surface area (Å²) in [4.78, 5) is 28.4. The monoisotopic (exact) mass is 561 g/mol. The maximum atomic E-state index is 13.6. The van der Waals surface area contributed by atoms with Crippen LogP contribution >= 0.6 is 0 Å². The van der Waals surface area contributed by atoms with Gasteiger partial charge < -0.3 is 24.4 Å². The molecule has 0 radical (unpaired) electrons. The number of fused-ring (bicyclic) bond motifs is 1. The molecule has 2 aromatic rings. The Morgan fingerprint density at radius 1 is 1.10 bits per heavy atom. The highest BCUT2D eigenvalue weighted by Crippen LogP contribution is 2.36. The lowest BCUT2D eigenvalue weighted by molar-refractivity contribution is -0.142. The summed E-state index contributed by atoms with van der Waals surface area (Å²) in [6.07, 6.45) is 1.86. The van der Waals surface area contributed by atoms with Crippen molar-refractivity contribution in [1.29, 1.82) is 0 Å². The van der Waals surface area contributed by atoms with Crippen LogP contribution in [0.2, 0.25) is 0 Å². The number of nitrogens with zero attached hydrogens (tertiary/aromatic N) is 2. The molecule has 39 heavy (non-hydrogen) atoms. The minimum atomic E-state index is -3.63. The molecule has 0 spiro atoms. The van der Waals surface area contributed by atoms with Crippen LogP contribution in [0.5, 0.6) is 17.2 Å². The second-order valence-electron chi connectivity index (χ2n) is 10.5. The number of carbonyl (C=O) groups is 2. The summed E-state index contributed by atoms with van der Waals surface area (Å²) in [5.74, 6) is 1.19. The van der Waals surface area contributed by atoms with Crippen LogP contribution in [0.4, 0.5) is 5.69 Å². The number of methoxy groups -OCH3 is 1. The SMILES string of the molecule is CCC(C(=O)NC(C)(C)C)N(Cc1cccc(OC)c1)C(=O)CCCN(c1ccc2c(c1)OCO2)S(C)(=O)=O. The van der Waals surface area contributed by atoms with Crippen LogP contribution in [0, 0.1) is 0 Å². The van der Waals surface area contributed by atoms with Crippen LogP contribution in [-0.2, 0) is 26.2 Å². The van der Waals surface area contributed by atoms with E-state index in [0.29, 0.717) is 29.4 Å². The Hall–Kier alpha value is -3.47. The minimum Gasteiger partial charge on any atom is -0.497 e. The first-order valence-electron chi connectivity index (χ1n) is 12.9. The molecule has 214 valence electrons. The predicted octanol–water partition coefficient (Wildman–Crippen LogP) is 3.69. The topological polar surface area (TPSA) is 114 Å². The Balaban J connectivity index is 1.79. The maximum Gasteiger partial charge on any atom is 0.243 e. The number of ether oxygens (including phenoxy) is 3. The smallest absolute Gasteiger partial charge is 0.243 e. The maximum absolute atomic E-state index is 13.6. The fourth-order valence-corrected chi connectivity index (χ4v) is 5.34. The van der Waals surface area contributed by atoms with Gasteiger partial charge in [-0.05, 0) is 63.4 Å². The second-order valence-corrected chi connectivity index (χ2v) is 12.4. The lowest BCUT2D eigenvalue weighted by Gasteiger charge is -2.33. The summed E-state index contributed by atoms with van der Waals surface area (Å²) in [5, 5.41) is 2.98. The van der Waals surface area contributed by atoms with Gasteiger partial charge in [-0.2, -0.15) is 0 Å². The average molecular weight is 562 g/mol. The van der Waals surface area contributed by atoms with Gasteiger partial charge in [0.05, 0.1) is 19.1 Å². The highest BCUT2D eigenvalue weighted by atomic mass is 32.2. The van der Waals surface area contributed by atoms with E-state index in [9.17, 15) is 18.0 Å². The van der Waals surface area contributed by atoms with E-state index < -0.39 is 21.6 Å². The van der Waals surface area contributed by atoms with E-state index in [1.54, 1.807) is 30.2 Å². The fraction of sp³-hybridized carbons (Fsp3) is 0.500. The van der Waals surface area contributed by atoms with Crippen molar-refractivity contribution in [2.75, 3.05) is 31.0 Å². The first kappa shape index (κ1) is 30.1. The molecule has 0 bridgehead atoms. The summed E-state index contributed by atoms with van der Waals surface area (Å²) < 4.78 is 42.5. The molecule has 0 aromatic heterocycles.